The second-order valence-corrected chi connectivity index (χ2v) is 7.78. The molecule has 3 N–H and O–H groups in total. The van der Waals surface area contributed by atoms with Gasteiger partial charge in [-0.25, -0.2) is 17.5 Å². The molecular weight excluding hydrogens is 427 g/mol. The summed E-state index contributed by atoms with van der Waals surface area (Å²) in [7, 11) is -3.74. The Bertz CT molecular complexity index is 782. The molecule has 8 heteroatoms. The predicted molar refractivity (Wildman–Crippen MR) is 86.7 cm³/mol. The summed E-state index contributed by atoms with van der Waals surface area (Å²) in [6, 6.07) is 8.61. The van der Waals surface area contributed by atoms with Crippen LogP contribution in [0.15, 0.2) is 50.2 Å². The minimum absolute atomic E-state index is 0.0546. The van der Waals surface area contributed by atoms with Gasteiger partial charge in [-0.1, -0.05) is 15.9 Å². The molecule has 2 rings (SSSR count). The highest BCUT2D eigenvalue weighted by Crippen LogP contribution is 2.23. The summed E-state index contributed by atoms with van der Waals surface area (Å²) in [6.07, 6.45) is 0. The molecule has 0 unspecified atom stereocenters. The van der Waals surface area contributed by atoms with Crippen molar-refractivity contribution < 1.29 is 12.8 Å². The fourth-order valence-corrected chi connectivity index (χ4v) is 3.58. The van der Waals surface area contributed by atoms with E-state index in [1.54, 1.807) is 6.07 Å². The first-order chi connectivity index (χ1) is 9.79. The van der Waals surface area contributed by atoms with Crippen LogP contribution in [0.1, 0.15) is 5.56 Å². The van der Waals surface area contributed by atoms with E-state index in [0.29, 0.717) is 14.6 Å². The van der Waals surface area contributed by atoms with Crippen molar-refractivity contribution in [2.45, 2.75) is 11.4 Å². The van der Waals surface area contributed by atoms with Gasteiger partial charge in [-0.3, -0.25) is 0 Å². The normalized spacial score (nSPS) is 11.6. The fraction of sp³-hybridized carbons (Fsp3) is 0.0769. The molecule has 112 valence electrons. The van der Waals surface area contributed by atoms with Crippen molar-refractivity contribution in [2.75, 3.05) is 5.73 Å². The average Bonchev–Trinajstić information content (AvgIpc) is 2.43. The van der Waals surface area contributed by atoms with Crippen LogP contribution in [0.25, 0.3) is 0 Å². The van der Waals surface area contributed by atoms with Crippen LogP contribution in [0.2, 0.25) is 0 Å². The summed E-state index contributed by atoms with van der Waals surface area (Å²) in [4.78, 5) is 0.0546. The first-order valence-electron chi connectivity index (χ1n) is 5.78. The van der Waals surface area contributed by atoms with E-state index in [1.165, 1.54) is 30.3 Å². The molecular formula is C13H11Br2FN2O2S. The average molecular weight is 438 g/mol. The molecule has 0 aliphatic heterocycles. The first kappa shape index (κ1) is 16.4. The second kappa shape index (κ2) is 6.43. The Hall–Kier alpha value is -0.960. The number of hydrogen-bond donors (Lipinski definition) is 2. The van der Waals surface area contributed by atoms with Crippen molar-refractivity contribution in [3.05, 3.63) is 56.7 Å². The lowest BCUT2D eigenvalue weighted by atomic mass is 10.2. The van der Waals surface area contributed by atoms with Gasteiger partial charge in [0.15, 0.2) is 0 Å². The van der Waals surface area contributed by atoms with Gasteiger partial charge in [0.05, 0.1) is 4.90 Å². The summed E-state index contributed by atoms with van der Waals surface area (Å²) >= 11 is 6.39. The fourth-order valence-electron chi connectivity index (χ4n) is 1.61. The number of sulfonamides is 1. The Morgan fingerprint density at radius 3 is 2.52 bits per heavy atom. The smallest absolute Gasteiger partial charge is 0.240 e. The lowest BCUT2D eigenvalue weighted by Crippen LogP contribution is -2.23. The molecule has 0 aliphatic rings. The number of halogens is 3. The van der Waals surface area contributed by atoms with E-state index < -0.39 is 15.8 Å². The predicted octanol–water partition coefficient (Wildman–Crippen LogP) is 3.41. The molecule has 0 radical (unpaired) electrons. The summed E-state index contributed by atoms with van der Waals surface area (Å²) in [5, 5.41) is 0. The number of nitrogen functional groups attached to an aromatic ring is 1. The molecule has 0 saturated carbocycles. The van der Waals surface area contributed by atoms with Crippen molar-refractivity contribution in [1.29, 1.82) is 0 Å². The summed E-state index contributed by atoms with van der Waals surface area (Å²) < 4.78 is 41.4. The maximum absolute atomic E-state index is 13.6. The Morgan fingerprint density at radius 2 is 1.86 bits per heavy atom. The molecule has 0 fully saturated rings. The Labute approximate surface area is 138 Å². The monoisotopic (exact) mass is 436 g/mol. The molecule has 21 heavy (non-hydrogen) atoms. The van der Waals surface area contributed by atoms with Crippen LogP contribution in [0.4, 0.5) is 10.1 Å². The standard InChI is InChI=1S/C13H11Br2FN2O2S/c14-9-1-3-12(16)8(5-9)7-18-21(19,20)10-2-4-13(17)11(15)6-10/h1-6,18H,7,17H2. The van der Waals surface area contributed by atoms with Gasteiger partial charge in [0, 0.05) is 26.7 Å². The Morgan fingerprint density at radius 1 is 1.14 bits per heavy atom. The minimum atomic E-state index is -3.74. The van der Waals surface area contributed by atoms with E-state index in [1.807, 2.05) is 0 Å². The number of rotatable bonds is 4. The molecule has 0 heterocycles. The van der Waals surface area contributed by atoms with Gasteiger partial charge in [-0.05, 0) is 52.3 Å². The van der Waals surface area contributed by atoms with Crippen molar-refractivity contribution in [1.82, 2.24) is 4.72 Å². The summed E-state index contributed by atoms with van der Waals surface area (Å²) in [5.74, 6) is -0.473. The Balaban J connectivity index is 2.21. The number of nitrogens with two attached hydrogens (primary N) is 1. The molecule has 0 amide bonds. The third-order valence-electron chi connectivity index (χ3n) is 2.74. The van der Waals surface area contributed by atoms with Crippen LogP contribution in [0.3, 0.4) is 0 Å². The van der Waals surface area contributed by atoms with Crippen LogP contribution in [0.5, 0.6) is 0 Å². The maximum Gasteiger partial charge on any atom is 0.240 e. The van der Waals surface area contributed by atoms with Crippen molar-refractivity contribution >= 4 is 47.6 Å². The van der Waals surface area contributed by atoms with Crippen LogP contribution in [-0.4, -0.2) is 8.42 Å². The van der Waals surface area contributed by atoms with Crippen molar-refractivity contribution in [2.24, 2.45) is 0 Å². The molecule has 0 aromatic heterocycles. The van der Waals surface area contributed by atoms with Gasteiger partial charge in [0.2, 0.25) is 10.0 Å². The quantitative estimate of drug-likeness (QED) is 0.720. The van der Waals surface area contributed by atoms with Gasteiger partial charge in [0.25, 0.3) is 0 Å². The zero-order valence-electron chi connectivity index (χ0n) is 10.6. The number of hydrogen-bond acceptors (Lipinski definition) is 3. The largest absolute Gasteiger partial charge is 0.398 e. The Kier molecular flexibility index (Phi) is 5.03. The molecule has 0 saturated heterocycles. The van der Waals surface area contributed by atoms with E-state index in [4.69, 9.17) is 5.73 Å². The number of nitrogens with one attached hydrogen (secondary N) is 1. The number of anilines is 1. The van der Waals surface area contributed by atoms with E-state index in [-0.39, 0.29) is 17.0 Å². The second-order valence-electron chi connectivity index (χ2n) is 4.24. The van der Waals surface area contributed by atoms with Gasteiger partial charge in [-0.2, -0.15) is 0 Å². The summed E-state index contributed by atoms with van der Waals surface area (Å²) in [5.41, 5.74) is 6.31. The van der Waals surface area contributed by atoms with E-state index in [0.717, 1.165) is 0 Å². The lowest BCUT2D eigenvalue weighted by Gasteiger charge is -2.09. The highest BCUT2D eigenvalue weighted by atomic mass is 79.9. The van der Waals surface area contributed by atoms with E-state index in [9.17, 15) is 12.8 Å². The van der Waals surface area contributed by atoms with Crippen LogP contribution >= 0.6 is 31.9 Å². The minimum Gasteiger partial charge on any atom is -0.398 e. The zero-order chi connectivity index (χ0) is 15.6. The maximum atomic E-state index is 13.6. The molecule has 0 atom stereocenters. The zero-order valence-corrected chi connectivity index (χ0v) is 14.6. The van der Waals surface area contributed by atoms with Crippen molar-refractivity contribution in [3.63, 3.8) is 0 Å². The van der Waals surface area contributed by atoms with Crippen LogP contribution in [-0.2, 0) is 16.6 Å². The SMILES string of the molecule is Nc1ccc(S(=O)(=O)NCc2cc(Br)ccc2F)cc1Br. The van der Waals surface area contributed by atoms with E-state index >= 15 is 0 Å². The third-order valence-corrected chi connectivity index (χ3v) is 5.32. The van der Waals surface area contributed by atoms with Crippen LogP contribution in [0, 0.1) is 5.82 Å². The molecule has 0 aliphatic carbocycles. The summed E-state index contributed by atoms with van der Waals surface area (Å²) in [6.45, 7) is -0.143. The highest BCUT2D eigenvalue weighted by Gasteiger charge is 2.16. The van der Waals surface area contributed by atoms with E-state index in [2.05, 4.69) is 36.6 Å². The molecule has 2 aromatic rings. The van der Waals surface area contributed by atoms with Crippen molar-refractivity contribution in [3.8, 4) is 0 Å². The highest BCUT2D eigenvalue weighted by molar-refractivity contribution is 9.10. The molecule has 0 bridgehead atoms. The molecule has 2 aromatic carbocycles. The van der Waals surface area contributed by atoms with Gasteiger partial charge in [-0.15, -0.1) is 0 Å². The van der Waals surface area contributed by atoms with Gasteiger partial charge < -0.3 is 5.73 Å². The molecule has 4 nitrogen and oxygen atoms in total. The molecule has 0 spiro atoms. The third kappa shape index (κ3) is 4.03. The van der Waals surface area contributed by atoms with Gasteiger partial charge >= 0.3 is 0 Å². The van der Waals surface area contributed by atoms with Gasteiger partial charge in [0.1, 0.15) is 5.82 Å². The first-order valence-corrected chi connectivity index (χ1v) is 8.85. The number of benzene rings is 2. The lowest BCUT2D eigenvalue weighted by molar-refractivity contribution is 0.574. The topological polar surface area (TPSA) is 72.2 Å². The van der Waals surface area contributed by atoms with Crippen LogP contribution < -0.4 is 10.5 Å².